The Morgan fingerprint density at radius 3 is 1.92 bits per heavy atom. The standard InChI is InChI=1S/C11H23NO/c1-10(2,3)8-9(13)6-7-11(4,5)12/h6-8,12H2,1-5H3. The molecule has 2 N–H and O–H groups in total. The smallest absolute Gasteiger partial charge is 0.133 e. The average molecular weight is 185 g/mol. The maximum Gasteiger partial charge on any atom is 0.133 e. The molecule has 0 aromatic heterocycles. The molecule has 2 nitrogen and oxygen atoms in total. The molecule has 0 spiro atoms. The summed E-state index contributed by atoms with van der Waals surface area (Å²) in [7, 11) is 0. The van der Waals surface area contributed by atoms with E-state index in [0.717, 1.165) is 6.42 Å². The molecule has 0 aliphatic heterocycles. The Labute approximate surface area is 81.9 Å². The quantitative estimate of drug-likeness (QED) is 0.731. The second-order valence-electron chi connectivity index (χ2n) is 5.76. The molecule has 0 rings (SSSR count). The predicted octanol–water partition coefficient (Wildman–Crippen LogP) is 2.51. The maximum atomic E-state index is 11.4. The van der Waals surface area contributed by atoms with Crippen molar-refractivity contribution in [2.24, 2.45) is 11.1 Å². The van der Waals surface area contributed by atoms with E-state index in [2.05, 4.69) is 20.8 Å². The Balaban J connectivity index is 3.78. The molecule has 0 aliphatic rings. The molecule has 0 aromatic rings. The third-order valence-electron chi connectivity index (χ3n) is 1.78. The van der Waals surface area contributed by atoms with Crippen LogP contribution < -0.4 is 5.73 Å². The molecule has 2 heteroatoms. The van der Waals surface area contributed by atoms with Crippen LogP contribution in [-0.4, -0.2) is 11.3 Å². The number of nitrogens with two attached hydrogens (primary N) is 1. The molecule has 0 bridgehead atoms. The van der Waals surface area contributed by atoms with Gasteiger partial charge in [0.25, 0.3) is 0 Å². The Bertz CT molecular complexity index is 172. The van der Waals surface area contributed by atoms with E-state index < -0.39 is 0 Å². The van der Waals surface area contributed by atoms with Crippen molar-refractivity contribution in [1.82, 2.24) is 0 Å². The van der Waals surface area contributed by atoms with E-state index in [1.165, 1.54) is 0 Å². The second kappa shape index (κ2) is 4.23. The molecular formula is C11H23NO. The fraction of sp³-hybridized carbons (Fsp3) is 0.909. The van der Waals surface area contributed by atoms with Crippen molar-refractivity contribution in [3.63, 3.8) is 0 Å². The highest BCUT2D eigenvalue weighted by Crippen LogP contribution is 2.21. The number of carbonyl (C=O) groups is 1. The largest absolute Gasteiger partial charge is 0.326 e. The molecule has 78 valence electrons. The van der Waals surface area contributed by atoms with Gasteiger partial charge in [0.15, 0.2) is 0 Å². The van der Waals surface area contributed by atoms with Crippen LogP contribution >= 0.6 is 0 Å². The highest BCUT2D eigenvalue weighted by atomic mass is 16.1. The van der Waals surface area contributed by atoms with Gasteiger partial charge in [0.2, 0.25) is 0 Å². The zero-order valence-electron chi connectivity index (χ0n) is 9.61. The zero-order chi connectivity index (χ0) is 10.7. The summed E-state index contributed by atoms with van der Waals surface area (Å²) in [4.78, 5) is 11.4. The van der Waals surface area contributed by atoms with Crippen LogP contribution in [0.1, 0.15) is 53.9 Å². The van der Waals surface area contributed by atoms with Crippen molar-refractivity contribution >= 4 is 5.78 Å². The lowest BCUT2D eigenvalue weighted by Gasteiger charge is -2.20. The van der Waals surface area contributed by atoms with Crippen LogP contribution in [0.2, 0.25) is 0 Å². The second-order valence-corrected chi connectivity index (χ2v) is 5.76. The number of hydrogen-bond donors (Lipinski definition) is 1. The van der Waals surface area contributed by atoms with Crippen molar-refractivity contribution in [3.05, 3.63) is 0 Å². The lowest BCUT2D eigenvalue weighted by molar-refractivity contribution is -0.121. The molecule has 0 radical (unpaired) electrons. The number of Topliss-reactive ketones (excluding diaryl/α,β-unsaturated/α-hetero) is 1. The van der Waals surface area contributed by atoms with E-state index in [-0.39, 0.29) is 11.0 Å². The monoisotopic (exact) mass is 185 g/mol. The summed E-state index contributed by atoms with van der Waals surface area (Å²) in [6.07, 6.45) is 2.05. The van der Waals surface area contributed by atoms with Crippen LogP contribution in [0.3, 0.4) is 0 Å². The van der Waals surface area contributed by atoms with Crippen LogP contribution in [0.4, 0.5) is 0 Å². The minimum absolute atomic E-state index is 0.107. The van der Waals surface area contributed by atoms with Crippen LogP contribution in [0, 0.1) is 5.41 Å². The van der Waals surface area contributed by atoms with Gasteiger partial charge in [-0.3, -0.25) is 4.79 Å². The molecule has 13 heavy (non-hydrogen) atoms. The Kier molecular flexibility index (Phi) is 4.11. The van der Waals surface area contributed by atoms with Crippen molar-refractivity contribution in [3.8, 4) is 0 Å². The number of carbonyl (C=O) groups excluding carboxylic acids is 1. The van der Waals surface area contributed by atoms with Crippen molar-refractivity contribution in [2.75, 3.05) is 0 Å². The van der Waals surface area contributed by atoms with Gasteiger partial charge in [-0.25, -0.2) is 0 Å². The molecule has 0 aliphatic carbocycles. The maximum absolute atomic E-state index is 11.4. The van der Waals surface area contributed by atoms with Gasteiger partial charge >= 0.3 is 0 Å². The van der Waals surface area contributed by atoms with E-state index >= 15 is 0 Å². The fourth-order valence-electron chi connectivity index (χ4n) is 1.14. The van der Waals surface area contributed by atoms with Gasteiger partial charge in [-0.15, -0.1) is 0 Å². The van der Waals surface area contributed by atoms with Gasteiger partial charge in [-0.2, -0.15) is 0 Å². The zero-order valence-corrected chi connectivity index (χ0v) is 9.61. The first kappa shape index (κ1) is 12.6. The lowest BCUT2D eigenvalue weighted by Crippen LogP contribution is -2.32. The number of ketones is 1. The van der Waals surface area contributed by atoms with Gasteiger partial charge in [-0.1, -0.05) is 20.8 Å². The minimum atomic E-state index is -0.215. The summed E-state index contributed by atoms with van der Waals surface area (Å²) in [6, 6.07) is 0. The highest BCUT2D eigenvalue weighted by molar-refractivity contribution is 5.79. The average Bonchev–Trinajstić information content (AvgIpc) is 1.78. The first-order valence-electron chi connectivity index (χ1n) is 4.91. The van der Waals surface area contributed by atoms with Gasteiger partial charge in [0.1, 0.15) is 5.78 Å². The van der Waals surface area contributed by atoms with Crippen molar-refractivity contribution in [2.45, 2.75) is 59.4 Å². The lowest BCUT2D eigenvalue weighted by atomic mass is 9.87. The molecule has 0 amide bonds. The molecule has 0 fully saturated rings. The SMILES string of the molecule is CC(C)(C)CC(=O)CCC(C)(C)N. The molecule has 0 saturated heterocycles. The predicted molar refractivity (Wildman–Crippen MR) is 56.6 cm³/mol. The summed E-state index contributed by atoms with van der Waals surface area (Å²) >= 11 is 0. The molecule has 0 saturated carbocycles. The Hall–Kier alpha value is -0.370. The van der Waals surface area contributed by atoms with Gasteiger partial charge in [0.05, 0.1) is 0 Å². The van der Waals surface area contributed by atoms with Crippen LogP contribution in [0.15, 0.2) is 0 Å². The third kappa shape index (κ3) is 9.54. The van der Waals surface area contributed by atoms with E-state index in [1.54, 1.807) is 0 Å². The first-order valence-corrected chi connectivity index (χ1v) is 4.91. The van der Waals surface area contributed by atoms with Crippen LogP contribution in [0.5, 0.6) is 0 Å². The van der Waals surface area contributed by atoms with Crippen LogP contribution in [-0.2, 0) is 4.79 Å². The minimum Gasteiger partial charge on any atom is -0.326 e. The Morgan fingerprint density at radius 2 is 1.62 bits per heavy atom. The molecule has 0 heterocycles. The third-order valence-corrected chi connectivity index (χ3v) is 1.78. The van der Waals surface area contributed by atoms with E-state index in [4.69, 9.17) is 5.73 Å². The van der Waals surface area contributed by atoms with Gasteiger partial charge in [0, 0.05) is 18.4 Å². The van der Waals surface area contributed by atoms with Gasteiger partial charge in [-0.05, 0) is 25.7 Å². The first-order chi connectivity index (χ1) is 5.60. The Morgan fingerprint density at radius 1 is 1.15 bits per heavy atom. The van der Waals surface area contributed by atoms with Crippen molar-refractivity contribution < 1.29 is 4.79 Å². The van der Waals surface area contributed by atoms with E-state index in [1.807, 2.05) is 13.8 Å². The van der Waals surface area contributed by atoms with E-state index in [9.17, 15) is 4.79 Å². The number of hydrogen-bond acceptors (Lipinski definition) is 2. The summed E-state index contributed by atoms with van der Waals surface area (Å²) in [5, 5.41) is 0. The molecule has 0 unspecified atom stereocenters. The van der Waals surface area contributed by atoms with Gasteiger partial charge < -0.3 is 5.73 Å². The summed E-state index contributed by atoms with van der Waals surface area (Å²) < 4.78 is 0. The summed E-state index contributed by atoms with van der Waals surface area (Å²) in [5.41, 5.74) is 5.69. The van der Waals surface area contributed by atoms with Crippen LogP contribution in [0.25, 0.3) is 0 Å². The highest BCUT2D eigenvalue weighted by Gasteiger charge is 2.18. The summed E-state index contributed by atoms with van der Waals surface area (Å²) in [6.45, 7) is 10.2. The fourth-order valence-corrected chi connectivity index (χ4v) is 1.14. The van der Waals surface area contributed by atoms with E-state index in [0.29, 0.717) is 18.6 Å². The molecule has 0 atom stereocenters. The normalized spacial score (nSPS) is 13.1. The van der Waals surface area contributed by atoms with Crippen molar-refractivity contribution in [1.29, 1.82) is 0 Å². The number of rotatable bonds is 4. The molecular weight excluding hydrogens is 162 g/mol. The topological polar surface area (TPSA) is 43.1 Å². The molecule has 0 aromatic carbocycles. The summed E-state index contributed by atoms with van der Waals surface area (Å²) in [5.74, 6) is 0.325.